The van der Waals surface area contributed by atoms with Crippen LogP contribution in [0.4, 0.5) is 0 Å². The van der Waals surface area contributed by atoms with Crippen molar-refractivity contribution in [1.29, 1.82) is 0 Å². The molecule has 1 aromatic heterocycles. The summed E-state index contributed by atoms with van der Waals surface area (Å²) in [6.45, 7) is 0.466. The van der Waals surface area contributed by atoms with Gasteiger partial charge in [-0.1, -0.05) is 17.3 Å². The average Bonchev–Trinajstić information content (AvgIpc) is 3.26. The summed E-state index contributed by atoms with van der Waals surface area (Å²) in [4.78, 5) is 13.6. The van der Waals surface area contributed by atoms with Crippen molar-refractivity contribution in [1.82, 2.24) is 10.1 Å². The number of hydrogen-bond donors (Lipinski definition) is 0. The molecule has 0 radical (unpaired) electrons. The van der Waals surface area contributed by atoms with Gasteiger partial charge in [-0.3, -0.25) is 4.79 Å². The molecule has 1 fully saturated rings. The van der Waals surface area contributed by atoms with Gasteiger partial charge in [0.25, 0.3) is 0 Å². The van der Waals surface area contributed by atoms with Crippen LogP contribution in [0.2, 0.25) is 0 Å². The molecule has 21 heavy (non-hydrogen) atoms. The number of para-hydroxylation sites is 1. The van der Waals surface area contributed by atoms with Gasteiger partial charge in [0, 0.05) is 19.0 Å². The largest absolute Gasteiger partial charge is 0.496 e. The van der Waals surface area contributed by atoms with Crippen molar-refractivity contribution in [2.75, 3.05) is 14.2 Å². The summed E-state index contributed by atoms with van der Waals surface area (Å²) in [5.41, 5.74) is 1.60. The third-order valence-corrected chi connectivity index (χ3v) is 3.63. The summed E-state index contributed by atoms with van der Waals surface area (Å²) in [5.74, 6) is 1.80. The van der Waals surface area contributed by atoms with Crippen molar-refractivity contribution < 1.29 is 14.1 Å². The normalized spacial score (nSPS) is 14.0. The van der Waals surface area contributed by atoms with Gasteiger partial charge in [-0.15, -0.1) is 0 Å². The Labute approximate surface area is 123 Å². The summed E-state index contributed by atoms with van der Waals surface area (Å²) >= 11 is 0. The lowest BCUT2D eigenvalue weighted by Gasteiger charge is -2.14. The molecule has 0 aliphatic heterocycles. The smallest absolute Gasteiger partial charge is 0.225 e. The Hall–Kier alpha value is -2.30. The first-order valence-electron chi connectivity index (χ1n) is 7.03. The molecule has 5 heteroatoms. The van der Waals surface area contributed by atoms with Crippen molar-refractivity contribution in [2.24, 2.45) is 5.92 Å². The van der Waals surface area contributed by atoms with Gasteiger partial charge < -0.3 is 14.2 Å². The van der Waals surface area contributed by atoms with E-state index in [1.807, 2.05) is 30.3 Å². The predicted molar refractivity (Wildman–Crippen MR) is 77.7 cm³/mol. The van der Waals surface area contributed by atoms with Crippen LogP contribution in [0.15, 0.2) is 34.9 Å². The number of carbonyl (C=O) groups excluding carboxylic acids is 1. The second-order valence-corrected chi connectivity index (χ2v) is 5.35. The predicted octanol–water partition coefficient (Wildman–Crippen LogP) is 2.72. The van der Waals surface area contributed by atoms with E-state index in [0.29, 0.717) is 12.3 Å². The third kappa shape index (κ3) is 2.91. The maximum absolute atomic E-state index is 11.9. The van der Waals surface area contributed by atoms with Crippen LogP contribution in [0.3, 0.4) is 0 Å². The van der Waals surface area contributed by atoms with Crippen LogP contribution < -0.4 is 4.74 Å². The minimum atomic E-state index is 0.192. The summed E-state index contributed by atoms with van der Waals surface area (Å²) in [5, 5.41) is 4.05. The number of methoxy groups -OCH3 is 1. The van der Waals surface area contributed by atoms with Crippen LogP contribution in [-0.4, -0.2) is 30.1 Å². The fourth-order valence-corrected chi connectivity index (χ4v) is 2.32. The van der Waals surface area contributed by atoms with Crippen molar-refractivity contribution >= 4 is 5.91 Å². The summed E-state index contributed by atoms with van der Waals surface area (Å²) in [6, 6.07) is 9.47. The van der Waals surface area contributed by atoms with Gasteiger partial charge in [0.05, 0.1) is 19.2 Å². The molecule has 1 saturated carbocycles. The molecule has 0 unspecified atom stereocenters. The minimum absolute atomic E-state index is 0.192. The minimum Gasteiger partial charge on any atom is -0.496 e. The van der Waals surface area contributed by atoms with Crippen LogP contribution in [0.1, 0.15) is 18.5 Å². The molecule has 0 bridgehead atoms. The van der Waals surface area contributed by atoms with Crippen LogP contribution in [-0.2, 0) is 11.3 Å². The Morgan fingerprint density at radius 1 is 1.43 bits per heavy atom. The Balaban J connectivity index is 1.75. The lowest BCUT2D eigenvalue weighted by molar-refractivity contribution is -0.131. The maximum Gasteiger partial charge on any atom is 0.225 e. The SMILES string of the molecule is COc1ccccc1-c1cc(CN(C)C(=O)C2CC2)no1. The zero-order valence-corrected chi connectivity index (χ0v) is 12.2. The van der Waals surface area contributed by atoms with Crippen molar-refractivity contribution in [3.8, 4) is 17.1 Å². The highest BCUT2D eigenvalue weighted by Gasteiger charge is 2.32. The van der Waals surface area contributed by atoms with E-state index >= 15 is 0 Å². The summed E-state index contributed by atoms with van der Waals surface area (Å²) in [6.07, 6.45) is 2.02. The molecule has 0 N–H and O–H groups in total. The lowest BCUT2D eigenvalue weighted by atomic mass is 10.1. The van der Waals surface area contributed by atoms with E-state index in [4.69, 9.17) is 9.26 Å². The molecule has 1 aromatic carbocycles. The molecule has 1 aliphatic rings. The monoisotopic (exact) mass is 286 g/mol. The number of benzene rings is 1. The number of ether oxygens (including phenoxy) is 1. The lowest BCUT2D eigenvalue weighted by Crippen LogP contribution is -2.27. The number of rotatable bonds is 5. The van der Waals surface area contributed by atoms with E-state index in [1.165, 1.54) is 0 Å². The van der Waals surface area contributed by atoms with E-state index in [1.54, 1.807) is 19.1 Å². The summed E-state index contributed by atoms with van der Waals surface area (Å²) < 4.78 is 10.7. The van der Waals surface area contributed by atoms with Crippen LogP contribution in [0.5, 0.6) is 5.75 Å². The van der Waals surface area contributed by atoms with Gasteiger partial charge in [0.15, 0.2) is 5.76 Å². The first kappa shape index (κ1) is 13.7. The first-order valence-corrected chi connectivity index (χ1v) is 7.03. The molecule has 1 amide bonds. The number of aromatic nitrogens is 1. The van der Waals surface area contributed by atoms with E-state index in [9.17, 15) is 4.79 Å². The topological polar surface area (TPSA) is 55.6 Å². The first-order chi connectivity index (χ1) is 10.2. The highest BCUT2D eigenvalue weighted by Crippen LogP contribution is 2.32. The van der Waals surface area contributed by atoms with Crippen molar-refractivity contribution in [3.05, 3.63) is 36.0 Å². The number of amides is 1. The fourth-order valence-electron chi connectivity index (χ4n) is 2.32. The van der Waals surface area contributed by atoms with Gasteiger partial charge >= 0.3 is 0 Å². The van der Waals surface area contributed by atoms with Gasteiger partial charge in [-0.05, 0) is 25.0 Å². The van der Waals surface area contributed by atoms with Crippen molar-refractivity contribution in [2.45, 2.75) is 19.4 Å². The van der Waals surface area contributed by atoms with E-state index < -0.39 is 0 Å². The van der Waals surface area contributed by atoms with Gasteiger partial charge in [0.1, 0.15) is 11.4 Å². The summed E-state index contributed by atoms with van der Waals surface area (Å²) in [7, 11) is 3.43. The Morgan fingerprint density at radius 2 is 2.19 bits per heavy atom. The molecular formula is C16H18N2O3. The number of hydrogen-bond acceptors (Lipinski definition) is 4. The molecule has 110 valence electrons. The Bertz CT molecular complexity index is 646. The molecule has 1 heterocycles. The molecular weight excluding hydrogens is 268 g/mol. The Morgan fingerprint density at radius 3 is 2.90 bits per heavy atom. The second kappa shape index (κ2) is 5.60. The second-order valence-electron chi connectivity index (χ2n) is 5.35. The quantitative estimate of drug-likeness (QED) is 0.848. The maximum atomic E-state index is 11.9. The standard InChI is InChI=1S/C16H18N2O3/c1-18(16(19)11-7-8-11)10-12-9-15(21-17-12)13-5-3-4-6-14(13)20-2/h3-6,9,11H,7-8,10H2,1-2H3. The zero-order chi connectivity index (χ0) is 14.8. The van der Waals surface area contributed by atoms with Crippen LogP contribution >= 0.6 is 0 Å². The molecule has 0 saturated heterocycles. The molecule has 0 atom stereocenters. The van der Waals surface area contributed by atoms with Crippen LogP contribution in [0.25, 0.3) is 11.3 Å². The van der Waals surface area contributed by atoms with E-state index in [0.717, 1.165) is 29.8 Å². The molecule has 2 aromatic rings. The number of carbonyl (C=O) groups is 1. The fraction of sp³-hybridized carbons (Fsp3) is 0.375. The van der Waals surface area contributed by atoms with Gasteiger partial charge in [0.2, 0.25) is 5.91 Å². The average molecular weight is 286 g/mol. The van der Waals surface area contributed by atoms with Gasteiger partial charge in [-0.2, -0.15) is 0 Å². The molecule has 5 nitrogen and oxygen atoms in total. The molecule has 1 aliphatic carbocycles. The zero-order valence-electron chi connectivity index (χ0n) is 12.2. The molecule has 3 rings (SSSR count). The van der Waals surface area contributed by atoms with E-state index in [2.05, 4.69) is 5.16 Å². The van der Waals surface area contributed by atoms with Crippen LogP contribution in [0, 0.1) is 5.92 Å². The number of nitrogens with zero attached hydrogens (tertiary/aromatic N) is 2. The third-order valence-electron chi connectivity index (χ3n) is 3.63. The van der Waals surface area contributed by atoms with Gasteiger partial charge in [-0.25, -0.2) is 0 Å². The highest BCUT2D eigenvalue weighted by molar-refractivity contribution is 5.80. The van der Waals surface area contributed by atoms with E-state index in [-0.39, 0.29) is 11.8 Å². The highest BCUT2D eigenvalue weighted by atomic mass is 16.5. The van der Waals surface area contributed by atoms with Crippen molar-refractivity contribution in [3.63, 3.8) is 0 Å². The Kier molecular flexibility index (Phi) is 3.64. The molecule has 0 spiro atoms.